The van der Waals surface area contributed by atoms with Crippen LogP contribution in [0.25, 0.3) is 0 Å². The number of amides is 1. The fraction of sp³-hybridized carbons (Fsp3) is 0.211. The van der Waals surface area contributed by atoms with Crippen LogP contribution in [0, 0.1) is 12.7 Å². The molecule has 26 heavy (non-hydrogen) atoms. The Morgan fingerprint density at radius 3 is 2.54 bits per heavy atom. The van der Waals surface area contributed by atoms with Crippen molar-refractivity contribution in [3.8, 4) is 11.6 Å². The van der Waals surface area contributed by atoms with Gasteiger partial charge in [0.05, 0.1) is 11.1 Å². The number of nitrogens with zero attached hydrogens (tertiary/aromatic N) is 2. The molecular formula is C19H19FN4O2. The molecule has 2 aromatic heterocycles. The molecule has 3 rings (SSSR count). The zero-order valence-electron chi connectivity index (χ0n) is 14.7. The van der Waals surface area contributed by atoms with Crippen molar-refractivity contribution in [2.45, 2.75) is 26.3 Å². The van der Waals surface area contributed by atoms with Gasteiger partial charge in [-0.1, -0.05) is 12.1 Å². The number of hydrogen-bond acceptors (Lipinski definition) is 4. The number of imidazole rings is 1. The standard InChI is InChI=1S/C19H19FN4O2/c1-12-10-22-18(23-12)19(2,3)24-17(25)13-8-9-16(21-11-13)26-15-7-5-4-6-14(15)20/h4-11H,1-3H3,(H,22,23)(H,24,25). The Morgan fingerprint density at radius 2 is 1.92 bits per heavy atom. The molecule has 0 saturated heterocycles. The van der Waals surface area contributed by atoms with Gasteiger partial charge in [0.25, 0.3) is 5.91 Å². The predicted octanol–water partition coefficient (Wildman–Crippen LogP) is 3.71. The molecule has 0 spiro atoms. The number of halogens is 1. The van der Waals surface area contributed by atoms with E-state index in [1.54, 1.807) is 24.4 Å². The van der Waals surface area contributed by atoms with Crippen molar-refractivity contribution < 1.29 is 13.9 Å². The van der Waals surface area contributed by atoms with Crippen LogP contribution in [-0.2, 0) is 5.54 Å². The Hall–Kier alpha value is -3.22. The molecule has 0 unspecified atom stereocenters. The predicted molar refractivity (Wildman–Crippen MR) is 94.5 cm³/mol. The number of pyridine rings is 1. The molecule has 0 aliphatic heterocycles. The lowest BCUT2D eigenvalue weighted by atomic mass is 10.0. The van der Waals surface area contributed by atoms with Crippen LogP contribution in [0.1, 0.15) is 35.7 Å². The van der Waals surface area contributed by atoms with Crippen LogP contribution in [0.3, 0.4) is 0 Å². The first kappa shape index (κ1) is 17.6. The third kappa shape index (κ3) is 3.88. The average Bonchev–Trinajstić information content (AvgIpc) is 3.05. The van der Waals surface area contributed by atoms with Crippen LogP contribution >= 0.6 is 0 Å². The number of hydrogen-bond donors (Lipinski definition) is 2. The van der Waals surface area contributed by atoms with E-state index < -0.39 is 11.4 Å². The zero-order chi connectivity index (χ0) is 18.7. The molecule has 0 saturated carbocycles. The second-order valence-corrected chi connectivity index (χ2v) is 6.41. The molecule has 3 aromatic rings. The lowest BCUT2D eigenvalue weighted by molar-refractivity contribution is 0.0908. The Kier molecular flexibility index (Phi) is 4.71. The summed E-state index contributed by atoms with van der Waals surface area (Å²) in [6.45, 7) is 5.60. The summed E-state index contributed by atoms with van der Waals surface area (Å²) < 4.78 is 19.0. The average molecular weight is 354 g/mol. The van der Waals surface area contributed by atoms with Gasteiger partial charge in [-0.25, -0.2) is 14.4 Å². The van der Waals surface area contributed by atoms with Crippen LogP contribution in [0.2, 0.25) is 0 Å². The maximum atomic E-state index is 13.6. The number of carbonyl (C=O) groups is 1. The Bertz CT molecular complexity index is 919. The minimum absolute atomic E-state index is 0.0755. The number of nitrogens with one attached hydrogen (secondary N) is 2. The summed E-state index contributed by atoms with van der Waals surface area (Å²) in [6.07, 6.45) is 3.09. The van der Waals surface area contributed by atoms with Crippen molar-refractivity contribution in [3.63, 3.8) is 0 Å². The highest BCUT2D eigenvalue weighted by Gasteiger charge is 2.26. The van der Waals surface area contributed by atoms with E-state index in [9.17, 15) is 9.18 Å². The van der Waals surface area contributed by atoms with E-state index >= 15 is 0 Å². The van der Waals surface area contributed by atoms with Crippen LogP contribution in [0.5, 0.6) is 11.6 Å². The van der Waals surface area contributed by atoms with Crippen LogP contribution < -0.4 is 10.1 Å². The lowest BCUT2D eigenvalue weighted by Crippen LogP contribution is -2.41. The van der Waals surface area contributed by atoms with Gasteiger partial charge in [0, 0.05) is 24.2 Å². The molecule has 134 valence electrons. The van der Waals surface area contributed by atoms with Gasteiger partial charge in [-0.3, -0.25) is 4.79 Å². The quantitative estimate of drug-likeness (QED) is 0.732. The maximum absolute atomic E-state index is 13.6. The van der Waals surface area contributed by atoms with E-state index in [1.165, 1.54) is 24.4 Å². The van der Waals surface area contributed by atoms with E-state index in [-0.39, 0.29) is 17.5 Å². The SMILES string of the molecule is Cc1cnc(C(C)(C)NC(=O)c2ccc(Oc3ccccc3F)nc2)[nH]1. The zero-order valence-corrected chi connectivity index (χ0v) is 14.7. The Balaban J connectivity index is 1.70. The number of aryl methyl sites for hydroxylation is 1. The largest absolute Gasteiger partial charge is 0.436 e. The summed E-state index contributed by atoms with van der Waals surface area (Å²) in [5, 5.41) is 2.91. The minimum atomic E-state index is -0.673. The summed E-state index contributed by atoms with van der Waals surface area (Å²) in [4.78, 5) is 23.9. The molecule has 2 N–H and O–H groups in total. The van der Waals surface area contributed by atoms with Gasteiger partial charge >= 0.3 is 0 Å². The third-order valence-electron chi connectivity index (χ3n) is 3.77. The molecule has 0 aliphatic carbocycles. The first-order valence-corrected chi connectivity index (χ1v) is 8.08. The first-order chi connectivity index (χ1) is 12.3. The van der Waals surface area contributed by atoms with Crippen molar-refractivity contribution in [3.05, 3.63) is 71.7 Å². The number of benzene rings is 1. The van der Waals surface area contributed by atoms with Gasteiger partial charge < -0.3 is 15.0 Å². The molecule has 6 nitrogen and oxygen atoms in total. The molecule has 1 aromatic carbocycles. The van der Waals surface area contributed by atoms with Gasteiger partial charge in [-0.2, -0.15) is 0 Å². The fourth-order valence-corrected chi connectivity index (χ4v) is 2.36. The number of para-hydroxylation sites is 1. The van der Waals surface area contributed by atoms with Gasteiger partial charge in [0.1, 0.15) is 5.82 Å². The van der Waals surface area contributed by atoms with Crippen LogP contribution in [0.15, 0.2) is 48.8 Å². The minimum Gasteiger partial charge on any atom is -0.436 e. The number of aromatic amines is 1. The summed E-state index contributed by atoms with van der Waals surface area (Å²) in [6, 6.07) is 9.14. The number of carbonyl (C=O) groups excluding carboxylic acids is 1. The highest BCUT2D eigenvalue weighted by atomic mass is 19.1. The summed E-state index contributed by atoms with van der Waals surface area (Å²) in [5.41, 5.74) is 0.606. The summed E-state index contributed by atoms with van der Waals surface area (Å²) in [7, 11) is 0. The number of aromatic nitrogens is 3. The van der Waals surface area contributed by atoms with Gasteiger partial charge in [-0.15, -0.1) is 0 Å². The molecule has 1 amide bonds. The number of rotatable bonds is 5. The number of H-pyrrole nitrogens is 1. The van der Waals surface area contributed by atoms with E-state index in [0.29, 0.717) is 11.4 Å². The van der Waals surface area contributed by atoms with Crippen molar-refractivity contribution in [1.82, 2.24) is 20.3 Å². The van der Waals surface area contributed by atoms with Gasteiger partial charge in [-0.05, 0) is 39.0 Å². The maximum Gasteiger partial charge on any atom is 0.253 e. The van der Waals surface area contributed by atoms with E-state index in [0.717, 1.165) is 5.69 Å². The molecule has 7 heteroatoms. The van der Waals surface area contributed by atoms with E-state index in [2.05, 4.69) is 20.3 Å². The van der Waals surface area contributed by atoms with Crippen molar-refractivity contribution in [2.24, 2.45) is 0 Å². The van der Waals surface area contributed by atoms with Gasteiger partial charge in [0.15, 0.2) is 11.6 Å². The fourth-order valence-electron chi connectivity index (χ4n) is 2.36. The van der Waals surface area contributed by atoms with Crippen LogP contribution in [0.4, 0.5) is 4.39 Å². The first-order valence-electron chi connectivity index (χ1n) is 8.08. The highest BCUT2D eigenvalue weighted by Crippen LogP contribution is 2.23. The third-order valence-corrected chi connectivity index (χ3v) is 3.77. The van der Waals surface area contributed by atoms with Crippen molar-refractivity contribution in [2.75, 3.05) is 0 Å². The lowest BCUT2D eigenvalue weighted by Gasteiger charge is -2.24. The molecule has 0 radical (unpaired) electrons. The molecule has 2 heterocycles. The van der Waals surface area contributed by atoms with Crippen molar-refractivity contribution >= 4 is 5.91 Å². The second-order valence-electron chi connectivity index (χ2n) is 6.41. The normalized spacial score (nSPS) is 11.2. The Morgan fingerprint density at radius 1 is 1.15 bits per heavy atom. The van der Waals surface area contributed by atoms with Gasteiger partial charge in [0.2, 0.25) is 5.88 Å². The number of ether oxygens (including phenoxy) is 1. The molecule has 0 atom stereocenters. The van der Waals surface area contributed by atoms with E-state index in [4.69, 9.17) is 4.74 Å². The monoisotopic (exact) mass is 354 g/mol. The smallest absolute Gasteiger partial charge is 0.253 e. The Labute approximate surface area is 150 Å². The van der Waals surface area contributed by atoms with E-state index in [1.807, 2.05) is 20.8 Å². The molecule has 0 aliphatic rings. The highest BCUT2D eigenvalue weighted by molar-refractivity contribution is 5.94. The molecule has 0 bridgehead atoms. The summed E-state index contributed by atoms with van der Waals surface area (Å²) in [5.74, 6) is 0.163. The van der Waals surface area contributed by atoms with Crippen molar-refractivity contribution in [1.29, 1.82) is 0 Å². The second kappa shape index (κ2) is 6.95. The summed E-state index contributed by atoms with van der Waals surface area (Å²) >= 11 is 0. The molecular weight excluding hydrogens is 335 g/mol. The van der Waals surface area contributed by atoms with Crippen LogP contribution in [-0.4, -0.2) is 20.9 Å². The topological polar surface area (TPSA) is 79.9 Å². The molecule has 0 fully saturated rings.